The van der Waals surface area contributed by atoms with E-state index in [1.165, 1.54) is 11.3 Å². The van der Waals surface area contributed by atoms with Crippen LogP contribution in [-0.2, 0) is 10.0 Å². The molecule has 0 amide bonds. The summed E-state index contributed by atoms with van der Waals surface area (Å²) in [4.78, 5) is 4.82. The lowest BCUT2D eigenvalue weighted by molar-refractivity contribution is 0.251. The van der Waals surface area contributed by atoms with Gasteiger partial charge in [0.2, 0.25) is 10.0 Å². The first-order valence-corrected chi connectivity index (χ1v) is 11.0. The normalized spacial score (nSPS) is 25.3. The minimum atomic E-state index is -3.50. The first-order valence-electron chi connectivity index (χ1n) is 8.70. The van der Waals surface area contributed by atoms with Crippen molar-refractivity contribution in [3.63, 3.8) is 0 Å². The van der Waals surface area contributed by atoms with Crippen LogP contribution in [0.1, 0.15) is 31.4 Å². The fraction of sp³-hybridized carbons (Fsp3) is 0.500. The Kier molecular flexibility index (Phi) is 5.75. The van der Waals surface area contributed by atoms with Crippen LogP contribution in [0.3, 0.4) is 0 Å². The van der Waals surface area contributed by atoms with Crippen LogP contribution in [0.25, 0.3) is 10.6 Å². The molecule has 2 atom stereocenters. The molecular formula is C18H24ClN3O2S2. The summed E-state index contributed by atoms with van der Waals surface area (Å²) in [6.45, 7) is 1.94. The van der Waals surface area contributed by atoms with Crippen LogP contribution in [0.15, 0.2) is 34.5 Å². The van der Waals surface area contributed by atoms with Crippen LogP contribution in [-0.4, -0.2) is 42.9 Å². The smallest absolute Gasteiger partial charge is 0.243 e. The van der Waals surface area contributed by atoms with E-state index in [1.54, 1.807) is 29.6 Å². The Morgan fingerprint density at radius 2 is 1.92 bits per heavy atom. The fourth-order valence-corrected chi connectivity index (χ4v) is 6.18. The van der Waals surface area contributed by atoms with Crippen molar-refractivity contribution in [1.29, 1.82) is 0 Å². The standard InChI is InChI=1S/C18H23N3O2S2.ClH/c1-12-11-24-18(19-12)13-4-3-5-17(8-13)25(22,23)21(2)16-9-14-6-7-15(10-16)20-14;/h3-5,8,11,14-16,20H,6-7,9-10H2,1-2H3;1H. The van der Waals surface area contributed by atoms with Crippen molar-refractivity contribution in [3.05, 3.63) is 35.3 Å². The van der Waals surface area contributed by atoms with Gasteiger partial charge in [-0.3, -0.25) is 0 Å². The van der Waals surface area contributed by atoms with Gasteiger partial charge in [0.15, 0.2) is 0 Å². The highest BCUT2D eigenvalue weighted by atomic mass is 35.5. The molecule has 0 saturated carbocycles. The minimum Gasteiger partial charge on any atom is -0.311 e. The molecule has 2 fully saturated rings. The predicted octanol–water partition coefficient (Wildman–Crippen LogP) is 3.44. The van der Waals surface area contributed by atoms with Gasteiger partial charge in [0.05, 0.1) is 4.90 Å². The Balaban J connectivity index is 0.00000196. The van der Waals surface area contributed by atoms with E-state index in [1.807, 2.05) is 18.4 Å². The molecule has 0 radical (unpaired) electrons. The number of sulfonamides is 1. The summed E-state index contributed by atoms with van der Waals surface area (Å²) in [6.07, 6.45) is 4.12. The molecule has 2 saturated heterocycles. The van der Waals surface area contributed by atoms with E-state index in [9.17, 15) is 8.42 Å². The third-order valence-corrected chi connectivity index (χ3v) is 8.25. The van der Waals surface area contributed by atoms with Gasteiger partial charge >= 0.3 is 0 Å². The molecule has 0 spiro atoms. The molecule has 142 valence electrons. The number of aromatic nitrogens is 1. The largest absolute Gasteiger partial charge is 0.311 e. The predicted molar refractivity (Wildman–Crippen MR) is 107 cm³/mol. The molecule has 26 heavy (non-hydrogen) atoms. The van der Waals surface area contributed by atoms with Gasteiger partial charge in [0.1, 0.15) is 5.01 Å². The molecule has 2 bridgehead atoms. The zero-order valence-corrected chi connectivity index (χ0v) is 17.3. The highest BCUT2D eigenvalue weighted by Gasteiger charge is 2.38. The first kappa shape index (κ1) is 19.8. The Hall–Kier alpha value is -0.990. The van der Waals surface area contributed by atoms with Crippen LogP contribution < -0.4 is 5.32 Å². The molecule has 2 aliphatic rings. The summed E-state index contributed by atoms with van der Waals surface area (Å²) in [7, 11) is -1.77. The van der Waals surface area contributed by atoms with E-state index in [4.69, 9.17) is 0 Å². The number of nitrogens with one attached hydrogen (secondary N) is 1. The number of hydrogen-bond donors (Lipinski definition) is 1. The molecule has 1 aromatic carbocycles. The third-order valence-electron chi connectivity index (χ3n) is 5.34. The molecule has 3 heterocycles. The summed E-state index contributed by atoms with van der Waals surface area (Å²) in [5.41, 5.74) is 1.81. The number of hydrogen-bond acceptors (Lipinski definition) is 5. The second kappa shape index (κ2) is 7.56. The SMILES string of the molecule is Cc1csc(-c2cccc(S(=O)(=O)N(C)C3CC4CCC(C3)N4)c2)n1.Cl. The Morgan fingerprint density at radius 1 is 1.23 bits per heavy atom. The van der Waals surface area contributed by atoms with Gasteiger partial charge in [-0.2, -0.15) is 4.31 Å². The highest BCUT2D eigenvalue weighted by molar-refractivity contribution is 7.89. The maximum atomic E-state index is 13.1. The van der Waals surface area contributed by atoms with E-state index in [2.05, 4.69) is 10.3 Å². The lowest BCUT2D eigenvalue weighted by Gasteiger charge is -2.34. The van der Waals surface area contributed by atoms with Crippen molar-refractivity contribution < 1.29 is 8.42 Å². The van der Waals surface area contributed by atoms with Crippen LogP contribution in [0.4, 0.5) is 0 Å². The summed E-state index contributed by atoms with van der Waals surface area (Å²) in [6, 6.07) is 8.17. The number of benzene rings is 1. The van der Waals surface area contributed by atoms with Gasteiger partial charge < -0.3 is 5.32 Å². The van der Waals surface area contributed by atoms with Gasteiger partial charge in [-0.25, -0.2) is 13.4 Å². The first-order chi connectivity index (χ1) is 11.9. The second-order valence-corrected chi connectivity index (χ2v) is 9.96. The van der Waals surface area contributed by atoms with Crippen LogP contribution in [0, 0.1) is 6.92 Å². The number of thiazole rings is 1. The average Bonchev–Trinajstić information content (AvgIpc) is 3.19. The number of fused-ring (bicyclic) bond motifs is 2. The summed E-state index contributed by atoms with van der Waals surface area (Å²) in [5.74, 6) is 0. The van der Waals surface area contributed by atoms with Crippen LogP contribution in [0.5, 0.6) is 0 Å². The van der Waals surface area contributed by atoms with Gasteiger partial charge in [0.25, 0.3) is 0 Å². The van der Waals surface area contributed by atoms with Gasteiger partial charge in [-0.05, 0) is 44.7 Å². The lowest BCUT2D eigenvalue weighted by Crippen LogP contribution is -2.48. The lowest BCUT2D eigenvalue weighted by atomic mass is 10.0. The molecular weight excluding hydrogens is 390 g/mol. The van der Waals surface area contributed by atoms with Crippen molar-refractivity contribution in [2.24, 2.45) is 0 Å². The molecule has 1 aromatic heterocycles. The fourth-order valence-electron chi connectivity index (χ4n) is 3.96. The Labute approximate surface area is 165 Å². The Morgan fingerprint density at radius 3 is 2.54 bits per heavy atom. The molecule has 2 aliphatic heterocycles. The van der Waals surface area contributed by atoms with Gasteiger partial charge in [0, 0.05) is 41.8 Å². The summed E-state index contributed by atoms with van der Waals surface area (Å²) < 4.78 is 27.9. The second-order valence-electron chi connectivity index (χ2n) is 7.11. The monoisotopic (exact) mass is 413 g/mol. The number of piperidine rings is 1. The van der Waals surface area contributed by atoms with Crippen molar-refractivity contribution in [2.75, 3.05) is 7.05 Å². The topological polar surface area (TPSA) is 62.3 Å². The quantitative estimate of drug-likeness (QED) is 0.833. The molecule has 5 nitrogen and oxygen atoms in total. The summed E-state index contributed by atoms with van der Waals surface area (Å²) in [5, 5.41) is 6.41. The molecule has 0 aliphatic carbocycles. The van der Waals surface area contributed by atoms with E-state index < -0.39 is 10.0 Å². The zero-order valence-electron chi connectivity index (χ0n) is 14.9. The molecule has 4 rings (SSSR count). The number of rotatable bonds is 4. The maximum Gasteiger partial charge on any atom is 0.243 e. The molecule has 2 unspecified atom stereocenters. The van der Waals surface area contributed by atoms with Crippen molar-refractivity contribution in [2.45, 2.75) is 55.6 Å². The molecule has 8 heteroatoms. The van der Waals surface area contributed by atoms with Crippen LogP contribution in [0.2, 0.25) is 0 Å². The third kappa shape index (κ3) is 3.68. The van der Waals surface area contributed by atoms with E-state index in [0.29, 0.717) is 17.0 Å². The average molecular weight is 414 g/mol. The van der Waals surface area contributed by atoms with Crippen molar-refractivity contribution in [1.82, 2.24) is 14.6 Å². The van der Waals surface area contributed by atoms with Gasteiger partial charge in [-0.15, -0.1) is 23.7 Å². The van der Waals surface area contributed by atoms with Crippen molar-refractivity contribution >= 4 is 33.8 Å². The minimum absolute atomic E-state index is 0. The van der Waals surface area contributed by atoms with Gasteiger partial charge in [-0.1, -0.05) is 12.1 Å². The van der Waals surface area contributed by atoms with Crippen molar-refractivity contribution in [3.8, 4) is 10.6 Å². The van der Waals surface area contributed by atoms with E-state index in [-0.39, 0.29) is 18.4 Å². The molecule has 1 N–H and O–H groups in total. The number of halogens is 1. The molecule has 2 aromatic rings. The maximum absolute atomic E-state index is 13.1. The highest BCUT2D eigenvalue weighted by Crippen LogP contribution is 2.32. The van der Waals surface area contributed by atoms with Crippen LogP contribution >= 0.6 is 23.7 Å². The Bertz CT molecular complexity index is 872. The number of nitrogens with zero attached hydrogens (tertiary/aromatic N) is 2. The van der Waals surface area contributed by atoms with E-state index in [0.717, 1.165) is 41.9 Å². The van der Waals surface area contributed by atoms with E-state index >= 15 is 0 Å². The number of aryl methyl sites for hydroxylation is 1. The zero-order chi connectivity index (χ0) is 17.6. The summed E-state index contributed by atoms with van der Waals surface area (Å²) >= 11 is 1.54.